The van der Waals surface area contributed by atoms with Crippen LogP contribution in [0.15, 0.2) is 40.9 Å². The number of rotatable bonds is 6. The molecule has 2 rings (SSSR count). The highest BCUT2D eigenvalue weighted by molar-refractivity contribution is 5.77. The van der Waals surface area contributed by atoms with E-state index >= 15 is 0 Å². The number of hydrogen-bond donors (Lipinski definition) is 1. The molecule has 0 aliphatic rings. The van der Waals surface area contributed by atoms with E-state index in [1.54, 1.807) is 12.1 Å². The zero-order chi connectivity index (χ0) is 14.4. The van der Waals surface area contributed by atoms with Crippen molar-refractivity contribution in [1.82, 2.24) is 10.5 Å². The summed E-state index contributed by atoms with van der Waals surface area (Å²) < 4.78 is 10.5. The topological polar surface area (TPSA) is 64.4 Å². The molecular weight excluding hydrogens is 256 g/mol. The lowest BCUT2D eigenvalue weighted by Crippen LogP contribution is -2.28. The third-order valence-electron chi connectivity index (χ3n) is 2.74. The van der Waals surface area contributed by atoms with Crippen LogP contribution in [-0.4, -0.2) is 17.7 Å². The van der Waals surface area contributed by atoms with E-state index in [4.69, 9.17) is 9.26 Å². The lowest BCUT2D eigenvalue weighted by atomic mass is 10.1. The molecule has 5 heteroatoms. The maximum atomic E-state index is 11.6. The van der Waals surface area contributed by atoms with Crippen LogP contribution in [0.5, 0.6) is 5.75 Å². The van der Waals surface area contributed by atoms with E-state index in [2.05, 4.69) is 10.5 Å². The number of ether oxygens (including phenoxy) is 1. The first-order valence-corrected chi connectivity index (χ1v) is 6.55. The van der Waals surface area contributed by atoms with Crippen LogP contribution in [0.3, 0.4) is 0 Å². The Balaban J connectivity index is 1.74. The SMILES string of the molecule is CC(C)c1cc(CNC(=O)COc2ccccc2)on1. The van der Waals surface area contributed by atoms with Crippen molar-refractivity contribution in [1.29, 1.82) is 0 Å². The molecular formula is C15H18N2O3. The highest BCUT2D eigenvalue weighted by Crippen LogP contribution is 2.13. The van der Waals surface area contributed by atoms with Crippen molar-refractivity contribution >= 4 is 5.91 Å². The minimum atomic E-state index is -0.198. The van der Waals surface area contributed by atoms with Gasteiger partial charge in [-0.15, -0.1) is 0 Å². The first-order valence-electron chi connectivity index (χ1n) is 6.55. The molecule has 2 aromatic rings. The van der Waals surface area contributed by atoms with Crippen molar-refractivity contribution in [2.75, 3.05) is 6.61 Å². The number of amides is 1. The van der Waals surface area contributed by atoms with Gasteiger partial charge in [0.2, 0.25) is 0 Å². The first kappa shape index (κ1) is 14.1. The normalized spacial score (nSPS) is 10.6. The summed E-state index contributed by atoms with van der Waals surface area (Å²) in [7, 11) is 0. The fourth-order valence-electron chi connectivity index (χ4n) is 1.59. The fraction of sp³-hybridized carbons (Fsp3) is 0.333. The summed E-state index contributed by atoms with van der Waals surface area (Å²) in [6.45, 7) is 4.37. The Kier molecular flexibility index (Phi) is 4.76. The molecule has 1 aromatic heterocycles. The van der Waals surface area contributed by atoms with E-state index in [1.807, 2.05) is 38.1 Å². The number of nitrogens with zero attached hydrogens (tertiary/aromatic N) is 1. The van der Waals surface area contributed by atoms with Crippen LogP contribution in [0.2, 0.25) is 0 Å². The smallest absolute Gasteiger partial charge is 0.258 e. The molecule has 0 saturated heterocycles. The van der Waals surface area contributed by atoms with E-state index in [1.165, 1.54) is 0 Å². The van der Waals surface area contributed by atoms with Crippen molar-refractivity contribution in [2.24, 2.45) is 0 Å². The zero-order valence-corrected chi connectivity index (χ0v) is 11.6. The van der Waals surface area contributed by atoms with E-state index < -0.39 is 0 Å². The standard InChI is InChI=1S/C15H18N2O3/c1-11(2)14-8-13(20-17-14)9-16-15(18)10-19-12-6-4-3-5-7-12/h3-8,11H,9-10H2,1-2H3,(H,16,18). The van der Waals surface area contributed by atoms with Crippen LogP contribution >= 0.6 is 0 Å². The highest BCUT2D eigenvalue weighted by Gasteiger charge is 2.09. The number of aromatic nitrogens is 1. The van der Waals surface area contributed by atoms with Crippen LogP contribution in [0.1, 0.15) is 31.2 Å². The number of benzene rings is 1. The molecule has 0 saturated carbocycles. The summed E-state index contributed by atoms with van der Waals surface area (Å²) in [6, 6.07) is 11.1. The van der Waals surface area contributed by atoms with Crippen LogP contribution in [0.25, 0.3) is 0 Å². The Labute approximate surface area is 117 Å². The molecule has 0 aliphatic heterocycles. The molecule has 0 spiro atoms. The van der Waals surface area contributed by atoms with E-state index in [0.29, 0.717) is 24.0 Å². The molecule has 0 fully saturated rings. The van der Waals surface area contributed by atoms with Crippen molar-refractivity contribution in [3.8, 4) is 5.75 Å². The minimum absolute atomic E-state index is 0.0187. The maximum absolute atomic E-state index is 11.6. The van der Waals surface area contributed by atoms with Crippen molar-refractivity contribution in [3.63, 3.8) is 0 Å². The molecule has 1 N–H and O–H groups in total. The van der Waals surface area contributed by atoms with Gasteiger partial charge in [0.1, 0.15) is 5.75 Å². The van der Waals surface area contributed by atoms with Crippen LogP contribution in [0, 0.1) is 0 Å². The van der Waals surface area contributed by atoms with Gasteiger partial charge in [0.05, 0.1) is 12.2 Å². The molecule has 1 amide bonds. The van der Waals surface area contributed by atoms with Crippen LogP contribution < -0.4 is 10.1 Å². The molecule has 0 bridgehead atoms. The van der Waals surface area contributed by atoms with Gasteiger partial charge in [-0.2, -0.15) is 0 Å². The van der Waals surface area contributed by atoms with Gasteiger partial charge in [0, 0.05) is 6.07 Å². The zero-order valence-electron chi connectivity index (χ0n) is 11.6. The average Bonchev–Trinajstić information content (AvgIpc) is 2.93. The summed E-state index contributed by atoms with van der Waals surface area (Å²) in [6.07, 6.45) is 0. The molecule has 0 atom stereocenters. The molecule has 106 valence electrons. The molecule has 20 heavy (non-hydrogen) atoms. The van der Waals surface area contributed by atoms with Gasteiger partial charge >= 0.3 is 0 Å². The third-order valence-corrected chi connectivity index (χ3v) is 2.74. The number of para-hydroxylation sites is 1. The monoisotopic (exact) mass is 274 g/mol. The summed E-state index contributed by atoms with van der Waals surface area (Å²) in [5.74, 6) is 1.42. The Hall–Kier alpha value is -2.30. The minimum Gasteiger partial charge on any atom is -0.484 e. The molecule has 1 heterocycles. The van der Waals surface area contributed by atoms with E-state index in [9.17, 15) is 4.79 Å². The average molecular weight is 274 g/mol. The van der Waals surface area contributed by atoms with Crippen molar-refractivity contribution in [3.05, 3.63) is 47.9 Å². The predicted octanol–water partition coefficient (Wildman–Crippen LogP) is 2.49. The van der Waals surface area contributed by atoms with Gasteiger partial charge in [-0.05, 0) is 18.1 Å². The molecule has 0 aliphatic carbocycles. The van der Waals surface area contributed by atoms with Gasteiger partial charge in [-0.1, -0.05) is 37.2 Å². The van der Waals surface area contributed by atoms with Crippen LogP contribution in [0.4, 0.5) is 0 Å². The van der Waals surface area contributed by atoms with Crippen molar-refractivity contribution < 1.29 is 14.1 Å². The van der Waals surface area contributed by atoms with Gasteiger partial charge in [-0.25, -0.2) is 0 Å². The summed E-state index contributed by atoms with van der Waals surface area (Å²) in [5.41, 5.74) is 0.884. The van der Waals surface area contributed by atoms with Crippen LogP contribution in [-0.2, 0) is 11.3 Å². The first-order chi connectivity index (χ1) is 9.65. The fourth-order valence-corrected chi connectivity index (χ4v) is 1.59. The van der Waals surface area contributed by atoms with E-state index in [-0.39, 0.29) is 12.5 Å². The second-order valence-electron chi connectivity index (χ2n) is 4.75. The van der Waals surface area contributed by atoms with Gasteiger partial charge in [0.25, 0.3) is 5.91 Å². The van der Waals surface area contributed by atoms with Gasteiger partial charge in [-0.3, -0.25) is 4.79 Å². The van der Waals surface area contributed by atoms with Crippen molar-refractivity contribution in [2.45, 2.75) is 26.3 Å². The number of hydrogen-bond acceptors (Lipinski definition) is 4. The molecule has 0 unspecified atom stereocenters. The summed E-state index contributed by atoms with van der Waals surface area (Å²) >= 11 is 0. The Morgan fingerprint density at radius 2 is 2.10 bits per heavy atom. The Morgan fingerprint density at radius 1 is 1.35 bits per heavy atom. The number of nitrogens with one attached hydrogen (secondary N) is 1. The lowest BCUT2D eigenvalue weighted by Gasteiger charge is -2.05. The largest absolute Gasteiger partial charge is 0.484 e. The quantitative estimate of drug-likeness (QED) is 0.879. The second kappa shape index (κ2) is 6.75. The number of carbonyl (C=O) groups excluding carboxylic acids is 1. The molecule has 1 aromatic carbocycles. The predicted molar refractivity (Wildman–Crippen MR) is 74.4 cm³/mol. The molecule has 0 radical (unpaired) electrons. The second-order valence-corrected chi connectivity index (χ2v) is 4.75. The Morgan fingerprint density at radius 3 is 2.75 bits per heavy atom. The lowest BCUT2D eigenvalue weighted by molar-refractivity contribution is -0.123. The summed E-state index contributed by atoms with van der Waals surface area (Å²) in [5, 5.41) is 6.65. The third kappa shape index (κ3) is 4.12. The number of carbonyl (C=O) groups is 1. The van der Waals surface area contributed by atoms with Gasteiger partial charge in [0.15, 0.2) is 12.4 Å². The van der Waals surface area contributed by atoms with Gasteiger partial charge < -0.3 is 14.6 Å². The highest BCUT2D eigenvalue weighted by atomic mass is 16.5. The van der Waals surface area contributed by atoms with E-state index in [0.717, 1.165) is 5.69 Å². The Bertz CT molecular complexity index is 549. The maximum Gasteiger partial charge on any atom is 0.258 e. The molecule has 5 nitrogen and oxygen atoms in total. The summed E-state index contributed by atoms with van der Waals surface area (Å²) in [4.78, 5) is 11.6.